The Morgan fingerprint density at radius 1 is 1.25 bits per heavy atom. The summed E-state index contributed by atoms with van der Waals surface area (Å²) in [7, 11) is 0. The minimum atomic E-state index is -0.592. The fraction of sp³-hybridized carbons (Fsp3) is 0.200. The van der Waals surface area contributed by atoms with Gasteiger partial charge in [0, 0.05) is 11.1 Å². The number of carbonyl (C=O) groups excluding carboxylic acids is 2. The minimum absolute atomic E-state index is 0.0775. The molecule has 0 radical (unpaired) electrons. The molecule has 20 heavy (non-hydrogen) atoms. The number of benzene rings is 1. The van der Waals surface area contributed by atoms with Crippen molar-refractivity contribution in [3.63, 3.8) is 0 Å². The molecule has 0 atom stereocenters. The summed E-state index contributed by atoms with van der Waals surface area (Å²) in [6.07, 6.45) is 3.41. The first-order valence-electron chi connectivity index (χ1n) is 5.99. The number of allylic oxidation sites excluding steroid dienone is 1. The second-order valence-electron chi connectivity index (χ2n) is 4.02. The van der Waals surface area contributed by atoms with E-state index in [4.69, 9.17) is 15.5 Å². The summed E-state index contributed by atoms with van der Waals surface area (Å²) in [5.41, 5.74) is 1.12. The van der Waals surface area contributed by atoms with E-state index in [2.05, 4.69) is 13.2 Å². The topological polar surface area (TPSA) is 78.6 Å². The summed E-state index contributed by atoms with van der Waals surface area (Å²) >= 11 is 0. The van der Waals surface area contributed by atoms with Crippen LogP contribution in [0.2, 0.25) is 0 Å². The Labute approximate surface area is 117 Å². The first-order valence-corrected chi connectivity index (χ1v) is 5.99. The van der Waals surface area contributed by atoms with Gasteiger partial charge in [0.1, 0.15) is 12.2 Å². The van der Waals surface area contributed by atoms with Crippen LogP contribution in [0.25, 0.3) is 0 Å². The molecule has 0 bridgehead atoms. The molecular formula is C15H17NO4. The quantitative estimate of drug-likeness (QED) is 0.357. The lowest BCUT2D eigenvalue weighted by Crippen LogP contribution is -2.15. The number of nitrogens with two attached hydrogens (primary N) is 1. The van der Waals surface area contributed by atoms with Gasteiger partial charge in [0.15, 0.2) is 11.5 Å². The molecule has 0 aromatic heterocycles. The van der Waals surface area contributed by atoms with Crippen molar-refractivity contribution < 1.29 is 19.2 Å². The van der Waals surface area contributed by atoms with Crippen molar-refractivity contribution in [3.8, 4) is 5.75 Å². The van der Waals surface area contributed by atoms with Crippen LogP contribution in [-0.2, 0) is 11.2 Å². The zero-order valence-electron chi connectivity index (χ0n) is 11.3. The summed E-state index contributed by atoms with van der Waals surface area (Å²) in [5, 5.41) is 0. The molecule has 1 rings (SSSR count). The largest absolute Gasteiger partial charge is 0.458 e. The van der Waals surface area contributed by atoms with Crippen LogP contribution in [0.4, 0.5) is 0 Å². The van der Waals surface area contributed by atoms with E-state index < -0.39 is 5.97 Å². The van der Waals surface area contributed by atoms with E-state index in [1.54, 1.807) is 12.1 Å². The Morgan fingerprint density at radius 2 is 1.90 bits per heavy atom. The monoisotopic (exact) mass is 275 g/mol. The van der Waals surface area contributed by atoms with Crippen LogP contribution in [0, 0.1) is 0 Å². The third-order valence-electron chi connectivity index (χ3n) is 2.66. The molecule has 0 amide bonds. The molecule has 0 aliphatic carbocycles. The van der Waals surface area contributed by atoms with Gasteiger partial charge in [-0.3, -0.25) is 4.79 Å². The first-order chi connectivity index (χ1) is 9.56. The molecule has 0 saturated carbocycles. The Morgan fingerprint density at radius 3 is 2.40 bits per heavy atom. The van der Waals surface area contributed by atoms with Crippen molar-refractivity contribution in [3.05, 3.63) is 54.1 Å². The number of Topliss-reactive ketones (excluding diaryl/α,β-unsaturated/α-hetero) is 1. The molecule has 106 valence electrons. The normalized spacial score (nSPS) is 9.70. The average Bonchev–Trinajstić information content (AvgIpc) is 2.44. The van der Waals surface area contributed by atoms with Gasteiger partial charge in [0.25, 0.3) is 0 Å². The maximum Gasteiger partial charge on any atom is 0.342 e. The highest BCUT2D eigenvalue weighted by Crippen LogP contribution is 2.28. The number of carbonyl (C=O) groups is 2. The van der Waals surface area contributed by atoms with Gasteiger partial charge in [0.05, 0.1) is 0 Å². The van der Waals surface area contributed by atoms with Gasteiger partial charge in [-0.2, -0.15) is 5.90 Å². The van der Waals surface area contributed by atoms with Crippen molar-refractivity contribution in [1.29, 1.82) is 0 Å². The smallest absolute Gasteiger partial charge is 0.342 e. The Hall–Kier alpha value is -2.40. The highest BCUT2D eigenvalue weighted by atomic mass is 16.6. The molecule has 5 nitrogen and oxygen atoms in total. The Kier molecular flexibility index (Phi) is 5.68. The van der Waals surface area contributed by atoms with Crippen LogP contribution in [0.3, 0.4) is 0 Å². The average molecular weight is 275 g/mol. The molecule has 0 spiro atoms. The van der Waals surface area contributed by atoms with Crippen LogP contribution in [0.1, 0.15) is 33.2 Å². The van der Waals surface area contributed by atoms with E-state index in [-0.39, 0.29) is 23.7 Å². The standard InChI is InChI=1S/C15H17NO4/c1-4-6-12-11(10(3)17)7-8-13(14(12)20-16)15(18)19-9-5-2/h4-5,7-8H,1-2,6,9,16H2,3H3. The second-order valence-corrected chi connectivity index (χ2v) is 4.02. The van der Waals surface area contributed by atoms with Crippen molar-refractivity contribution in [1.82, 2.24) is 0 Å². The summed E-state index contributed by atoms with van der Waals surface area (Å²) in [6.45, 7) is 8.59. The lowest BCUT2D eigenvalue weighted by atomic mass is 9.97. The molecule has 0 heterocycles. The zero-order chi connectivity index (χ0) is 15.1. The molecule has 0 aliphatic heterocycles. The molecule has 0 saturated heterocycles. The number of hydrogen-bond acceptors (Lipinski definition) is 5. The van der Waals surface area contributed by atoms with Crippen molar-refractivity contribution in [2.45, 2.75) is 13.3 Å². The maximum absolute atomic E-state index is 11.9. The number of ether oxygens (including phenoxy) is 1. The molecule has 0 fully saturated rings. The summed E-state index contributed by atoms with van der Waals surface area (Å²) in [4.78, 5) is 28.3. The minimum Gasteiger partial charge on any atom is -0.458 e. The SMILES string of the molecule is C=CCOC(=O)c1ccc(C(C)=O)c(CC=C)c1ON. The Balaban J connectivity index is 3.36. The lowest BCUT2D eigenvalue weighted by molar-refractivity contribution is 0.0544. The van der Waals surface area contributed by atoms with Gasteiger partial charge in [-0.25, -0.2) is 4.79 Å². The third kappa shape index (κ3) is 3.33. The molecule has 0 unspecified atom stereocenters. The molecule has 5 heteroatoms. The fourth-order valence-electron chi connectivity index (χ4n) is 1.81. The zero-order valence-corrected chi connectivity index (χ0v) is 11.3. The predicted molar refractivity (Wildman–Crippen MR) is 75.6 cm³/mol. The summed E-state index contributed by atoms with van der Waals surface area (Å²) in [5.74, 6) is 4.64. The fourth-order valence-corrected chi connectivity index (χ4v) is 1.81. The number of ketones is 1. The highest BCUT2D eigenvalue weighted by molar-refractivity contribution is 6.00. The van der Waals surface area contributed by atoms with Crippen LogP contribution < -0.4 is 10.7 Å². The van der Waals surface area contributed by atoms with E-state index in [1.807, 2.05) is 0 Å². The number of hydrogen-bond donors (Lipinski definition) is 1. The summed E-state index contributed by atoms with van der Waals surface area (Å²) < 4.78 is 4.95. The predicted octanol–water partition coefficient (Wildman–Crippen LogP) is 2.21. The van der Waals surface area contributed by atoms with Crippen LogP contribution in [0.15, 0.2) is 37.4 Å². The molecule has 0 aliphatic rings. The van der Waals surface area contributed by atoms with E-state index in [9.17, 15) is 9.59 Å². The highest BCUT2D eigenvalue weighted by Gasteiger charge is 2.21. The first kappa shape index (κ1) is 15.7. The van der Waals surface area contributed by atoms with Gasteiger partial charge < -0.3 is 9.57 Å². The van der Waals surface area contributed by atoms with Crippen LogP contribution in [0.5, 0.6) is 5.75 Å². The Bertz CT molecular complexity index is 549. The third-order valence-corrected chi connectivity index (χ3v) is 2.66. The molecule has 1 aromatic rings. The van der Waals surface area contributed by atoms with E-state index in [0.29, 0.717) is 17.5 Å². The summed E-state index contributed by atoms with van der Waals surface area (Å²) in [6, 6.07) is 3.01. The van der Waals surface area contributed by atoms with Gasteiger partial charge in [0.2, 0.25) is 0 Å². The number of rotatable bonds is 7. The van der Waals surface area contributed by atoms with E-state index in [0.717, 1.165) is 0 Å². The number of esters is 1. The van der Waals surface area contributed by atoms with Crippen LogP contribution >= 0.6 is 0 Å². The van der Waals surface area contributed by atoms with E-state index in [1.165, 1.54) is 19.1 Å². The van der Waals surface area contributed by atoms with Crippen molar-refractivity contribution >= 4 is 11.8 Å². The molecule has 2 N–H and O–H groups in total. The van der Waals surface area contributed by atoms with Crippen LogP contribution in [-0.4, -0.2) is 18.4 Å². The van der Waals surface area contributed by atoms with Gasteiger partial charge in [-0.15, -0.1) is 6.58 Å². The van der Waals surface area contributed by atoms with Gasteiger partial charge >= 0.3 is 5.97 Å². The van der Waals surface area contributed by atoms with Crippen molar-refractivity contribution in [2.75, 3.05) is 6.61 Å². The van der Waals surface area contributed by atoms with E-state index >= 15 is 0 Å². The van der Waals surface area contributed by atoms with Gasteiger partial charge in [-0.1, -0.05) is 18.7 Å². The second kappa shape index (κ2) is 7.25. The molecular weight excluding hydrogens is 258 g/mol. The maximum atomic E-state index is 11.9. The van der Waals surface area contributed by atoms with Gasteiger partial charge in [-0.05, 0) is 25.5 Å². The lowest BCUT2D eigenvalue weighted by Gasteiger charge is -2.14. The van der Waals surface area contributed by atoms with Crippen molar-refractivity contribution in [2.24, 2.45) is 5.90 Å². The molecule has 1 aromatic carbocycles.